The topological polar surface area (TPSA) is 61.1 Å². The van der Waals surface area contributed by atoms with E-state index in [9.17, 15) is 10.1 Å². The number of hydrogen-bond donors (Lipinski definition) is 1. The van der Waals surface area contributed by atoms with Gasteiger partial charge in [-0.3, -0.25) is 4.90 Å². The fraction of sp³-hybridized carbons (Fsp3) is 0.238. The summed E-state index contributed by atoms with van der Waals surface area (Å²) in [4.78, 5) is 13.6. The molecule has 5 nitrogen and oxygen atoms in total. The Hall–Kier alpha value is -3.26. The van der Waals surface area contributed by atoms with E-state index in [1.165, 1.54) is 5.56 Å². The lowest BCUT2D eigenvalue weighted by Gasteiger charge is -2.15. The quantitative estimate of drug-likeness (QED) is 0.779. The van der Waals surface area contributed by atoms with Crippen molar-refractivity contribution in [2.45, 2.75) is 20.4 Å². The van der Waals surface area contributed by atoms with Crippen molar-refractivity contribution >= 4 is 22.6 Å². The van der Waals surface area contributed by atoms with Crippen molar-refractivity contribution in [2.24, 2.45) is 0 Å². The lowest BCUT2D eigenvalue weighted by molar-refractivity contribution is 0.252. The van der Waals surface area contributed by atoms with Crippen LogP contribution in [0.25, 0.3) is 22.2 Å². The number of amides is 2. The third kappa shape index (κ3) is 2.42. The molecule has 4 rings (SSSR count). The molecule has 0 bridgehead atoms. The standard InChI is InChI=1S/C21H20N4O/c1-3-24-19-12-14(2)4-9-17(19)18(13-22)20(24)15-5-7-16(8-6-15)25-11-10-23-21(25)26/h4-9,12H,3,10-11H2,1-2H3,(H,23,26). The van der Waals surface area contributed by atoms with E-state index in [-0.39, 0.29) is 6.03 Å². The number of urea groups is 1. The largest absolute Gasteiger partial charge is 0.340 e. The number of fused-ring (bicyclic) bond motifs is 1. The first-order valence-electron chi connectivity index (χ1n) is 8.82. The van der Waals surface area contributed by atoms with Crippen LogP contribution in [0.5, 0.6) is 0 Å². The third-order valence-electron chi connectivity index (χ3n) is 4.96. The number of carbonyl (C=O) groups excluding carboxylic acids is 1. The molecule has 0 unspecified atom stereocenters. The molecule has 130 valence electrons. The van der Waals surface area contributed by atoms with Crippen molar-refractivity contribution in [1.82, 2.24) is 9.88 Å². The van der Waals surface area contributed by atoms with Crippen LogP contribution in [-0.2, 0) is 6.54 Å². The number of nitrogens with one attached hydrogen (secondary N) is 1. The molecule has 0 radical (unpaired) electrons. The molecule has 0 spiro atoms. The molecule has 1 aliphatic rings. The average Bonchev–Trinajstić information content (AvgIpc) is 3.22. The Morgan fingerprint density at radius 1 is 1.19 bits per heavy atom. The second-order valence-corrected chi connectivity index (χ2v) is 6.53. The highest BCUT2D eigenvalue weighted by Gasteiger charge is 2.22. The molecule has 2 amide bonds. The molecule has 3 aromatic rings. The zero-order valence-corrected chi connectivity index (χ0v) is 14.9. The maximum absolute atomic E-state index is 11.8. The Balaban J connectivity index is 1.86. The SMILES string of the molecule is CCn1c(-c2ccc(N3CCNC3=O)cc2)c(C#N)c2ccc(C)cc21. The Morgan fingerprint density at radius 2 is 1.96 bits per heavy atom. The number of aryl methyl sites for hydroxylation is 2. The second-order valence-electron chi connectivity index (χ2n) is 6.53. The molecule has 1 saturated heterocycles. The van der Waals surface area contributed by atoms with Crippen molar-refractivity contribution in [2.75, 3.05) is 18.0 Å². The van der Waals surface area contributed by atoms with E-state index >= 15 is 0 Å². The molecule has 1 N–H and O–H groups in total. The number of rotatable bonds is 3. The van der Waals surface area contributed by atoms with E-state index in [1.54, 1.807) is 4.90 Å². The summed E-state index contributed by atoms with van der Waals surface area (Å²) in [5.74, 6) is 0. The minimum atomic E-state index is -0.0615. The van der Waals surface area contributed by atoms with Crippen molar-refractivity contribution in [1.29, 1.82) is 5.26 Å². The van der Waals surface area contributed by atoms with Crippen LogP contribution in [0.3, 0.4) is 0 Å². The van der Waals surface area contributed by atoms with Gasteiger partial charge in [0.1, 0.15) is 6.07 Å². The van der Waals surface area contributed by atoms with Gasteiger partial charge in [-0.2, -0.15) is 5.26 Å². The Bertz CT molecular complexity index is 1040. The predicted octanol–water partition coefficient (Wildman–Crippen LogP) is 4.04. The zero-order chi connectivity index (χ0) is 18.3. The number of nitriles is 1. The van der Waals surface area contributed by atoms with Crippen LogP contribution >= 0.6 is 0 Å². The predicted molar refractivity (Wildman–Crippen MR) is 103 cm³/mol. The van der Waals surface area contributed by atoms with Crippen LogP contribution in [-0.4, -0.2) is 23.7 Å². The van der Waals surface area contributed by atoms with Crippen molar-refractivity contribution in [3.05, 3.63) is 53.6 Å². The summed E-state index contributed by atoms with van der Waals surface area (Å²) in [7, 11) is 0. The van der Waals surface area contributed by atoms with Crippen LogP contribution in [0.1, 0.15) is 18.1 Å². The average molecular weight is 344 g/mol. The maximum atomic E-state index is 11.8. The lowest BCUT2D eigenvalue weighted by atomic mass is 10.0. The number of hydrogen-bond acceptors (Lipinski definition) is 2. The monoisotopic (exact) mass is 344 g/mol. The normalized spacial score (nSPS) is 13.9. The Kier molecular flexibility index (Phi) is 3.89. The number of aromatic nitrogens is 1. The first-order chi connectivity index (χ1) is 12.6. The summed E-state index contributed by atoms with van der Waals surface area (Å²) in [6.07, 6.45) is 0. The number of nitrogens with zero attached hydrogens (tertiary/aromatic N) is 3. The van der Waals surface area contributed by atoms with Gasteiger partial charge in [-0.1, -0.05) is 24.3 Å². The summed E-state index contributed by atoms with van der Waals surface area (Å²) >= 11 is 0. The van der Waals surface area contributed by atoms with E-state index in [1.807, 2.05) is 36.4 Å². The third-order valence-corrected chi connectivity index (χ3v) is 4.96. The Morgan fingerprint density at radius 3 is 2.58 bits per heavy atom. The van der Waals surface area contributed by atoms with Crippen molar-refractivity contribution in [3.63, 3.8) is 0 Å². The molecular formula is C21H20N4O. The smallest absolute Gasteiger partial charge is 0.321 e. The molecule has 2 heterocycles. The fourth-order valence-electron chi connectivity index (χ4n) is 3.72. The molecule has 26 heavy (non-hydrogen) atoms. The molecule has 1 aromatic heterocycles. The van der Waals surface area contributed by atoms with E-state index < -0.39 is 0 Å². The molecule has 0 saturated carbocycles. The molecule has 2 aromatic carbocycles. The van der Waals surface area contributed by atoms with E-state index in [0.29, 0.717) is 18.7 Å². The van der Waals surface area contributed by atoms with Crippen molar-refractivity contribution < 1.29 is 4.79 Å². The van der Waals surface area contributed by atoms with Gasteiger partial charge in [0.2, 0.25) is 0 Å². The highest BCUT2D eigenvalue weighted by molar-refractivity contribution is 5.96. The van der Waals surface area contributed by atoms with Gasteiger partial charge in [-0.15, -0.1) is 0 Å². The van der Waals surface area contributed by atoms with Gasteiger partial charge in [-0.05, 0) is 43.2 Å². The van der Waals surface area contributed by atoms with Crippen LogP contribution < -0.4 is 10.2 Å². The van der Waals surface area contributed by atoms with Gasteiger partial charge in [0, 0.05) is 30.7 Å². The van der Waals surface area contributed by atoms with Gasteiger partial charge in [0.25, 0.3) is 0 Å². The molecule has 1 aliphatic heterocycles. The highest BCUT2D eigenvalue weighted by atomic mass is 16.2. The molecule has 5 heteroatoms. The molecule has 1 fully saturated rings. The van der Waals surface area contributed by atoms with Crippen LogP contribution in [0.4, 0.5) is 10.5 Å². The summed E-state index contributed by atoms with van der Waals surface area (Å²) in [6.45, 7) is 6.29. The molecular weight excluding hydrogens is 324 g/mol. The first-order valence-corrected chi connectivity index (χ1v) is 8.82. The van der Waals surface area contributed by atoms with E-state index in [2.05, 4.69) is 35.9 Å². The lowest BCUT2D eigenvalue weighted by Crippen LogP contribution is -2.27. The van der Waals surface area contributed by atoms with Gasteiger partial charge < -0.3 is 9.88 Å². The van der Waals surface area contributed by atoms with Crippen LogP contribution in [0.2, 0.25) is 0 Å². The maximum Gasteiger partial charge on any atom is 0.321 e. The number of anilines is 1. The number of carbonyl (C=O) groups is 1. The fourth-order valence-corrected chi connectivity index (χ4v) is 3.72. The number of benzene rings is 2. The van der Waals surface area contributed by atoms with Gasteiger partial charge in [0.05, 0.1) is 16.8 Å². The van der Waals surface area contributed by atoms with E-state index in [4.69, 9.17) is 0 Å². The minimum Gasteiger partial charge on any atom is -0.340 e. The van der Waals surface area contributed by atoms with Gasteiger partial charge >= 0.3 is 6.03 Å². The summed E-state index contributed by atoms with van der Waals surface area (Å²) in [5, 5.41) is 13.6. The summed E-state index contributed by atoms with van der Waals surface area (Å²) in [6, 6.07) is 16.4. The van der Waals surface area contributed by atoms with Gasteiger partial charge in [0.15, 0.2) is 0 Å². The van der Waals surface area contributed by atoms with Crippen LogP contribution in [0, 0.1) is 18.3 Å². The summed E-state index contributed by atoms with van der Waals surface area (Å²) < 4.78 is 2.19. The zero-order valence-electron chi connectivity index (χ0n) is 14.9. The molecule has 0 atom stereocenters. The van der Waals surface area contributed by atoms with E-state index in [0.717, 1.165) is 34.4 Å². The first kappa shape index (κ1) is 16.2. The minimum absolute atomic E-state index is 0.0615. The van der Waals surface area contributed by atoms with Crippen molar-refractivity contribution in [3.8, 4) is 17.3 Å². The van der Waals surface area contributed by atoms with Crippen LogP contribution in [0.15, 0.2) is 42.5 Å². The Labute approximate surface area is 152 Å². The van der Waals surface area contributed by atoms with Gasteiger partial charge in [-0.25, -0.2) is 4.79 Å². The summed E-state index contributed by atoms with van der Waals surface area (Å²) in [5.41, 5.74) is 5.76. The highest BCUT2D eigenvalue weighted by Crippen LogP contribution is 2.34. The second kappa shape index (κ2) is 6.23. The molecule has 0 aliphatic carbocycles.